The van der Waals surface area contributed by atoms with Gasteiger partial charge in [-0.1, -0.05) is 60.1 Å². The molecule has 22 atom stereocenters. The summed E-state index contributed by atoms with van der Waals surface area (Å²) in [5, 5.41) is 96.5. The largest absolute Gasteiger partial charge is 0.432 e. The van der Waals surface area contributed by atoms with E-state index in [9.17, 15) is 50.8 Å². The third kappa shape index (κ3) is 7.82. The minimum Gasteiger partial charge on any atom is -0.432 e. The average Bonchev–Trinajstić information content (AvgIpc) is 3.24. The summed E-state index contributed by atoms with van der Waals surface area (Å²) in [4.78, 5) is 28.3. The Bertz CT molecular complexity index is 1820. The minimum atomic E-state index is -1.84. The fourth-order valence-electron chi connectivity index (χ4n) is 15.1. The summed E-state index contributed by atoms with van der Waals surface area (Å²) in [5.74, 6) is 0.605. The van der Waals surface area contributed by atoms with Gasteiger partial charge in [-0.2, -0.15) is 0 Å². The van der Waals surface area contributed by atoms with Crippen LogP contribution >= 0.6 is 0 Å². The summed E-state index contributed by atoms with van der Waals surface area (Å²) in [6.07, 6.45) is -13.9. The van der Waals surface area contributed by atoms with Crippen molar-refractivity contribution in [2.24, 2.45) is 50.2 Å². The highest BCUT2D eigenvalue weighted by Crippen LogP contribution is 2.74. The summed E-state index contributed by atoms with van der Waals surface area (Å²) in [6.45, 7) is 15.9. The first-order chi connectivity index (χ1) is 30.3. The van der Waals surface area contributed by atoms with Crippen LogP contribution in [0, 0.1) is 50.2 Å². The molecule has 17 heteroatoms. The molecule has 7 fully saturated rings. The van der Waals surface area contributed by atoms with E-state index in [1.807, 2.05) is 0 Å². The maximum Gasteiger partial charge on any atom is 0.315 e. The van der Waals surface area contributed by atoms with Crippen LogP contribution in [0.25, 0.3) is 0 Å². The first kappa shape index (κ1) is 49.7. The second-order valence-electron chi connectivity index (χ2n) is 23.3. The zero-order chi connectivity index (χ0) is 47.6. The predicted molar refractivity (Wildman–Crippen MR) is 228 cm³/mol. The van der Waals surface area contributed by atoms with Crippen LogP contribution in [0.1, 0.15) is 120 Å². The standard InChI is InChI=1S/C48H76O17/c1-22-30(51)32(53)35(56)40(61-22)64-38-25(19-49)62-39(37(58)34(38)55)60-20-26-31(52)33(54)36(57)41(63-26)65-42(59)48-16-11-23-24(47(48,8)21-43(2,3)17-18-48)9-10-28-45(23,6)14-12-27-44(4,5)29(50)13-15-46(27,28)7/h11,22,24-28,30-41,49,51-58H,9-10,12-21H2,1-8H3/t22-,24-,25+,26+,27-,28-,30-,31+,32+,33-,34+,35+,36+,37+,38+,39+,40-,41-,45-,46-,47-,48-/m0/s1. The first-order valence-electron chi connectivity index (χ1n) is 24.0. The smallest absolute Gasteiger partial charge is 0.315 e. The van der Waals surface area contributed by atoms with Crippen molar-refractivity contribution in [2.45, 2.75) is 212 Å². The molecule has 0 amide bonds. The molecule has 0 radical (unpaired) electrons. The lowest BCUT2D eigenvalue weighted by molar-refractivity contribution is -0.361. The van der Waals surface area contributed by atoms with E-state index in [1.54, 1.807) is 0 Å². The van der Waals surface area contributed by atoms with Gasteiger partial charge in [0, 0.05) is 11.8 Å². The molecule has 0 spiro atoms. The molecule has 0 bridgehead atoms. The Labute approximate surface area is 381 Å². The maximum atomic E-state index is 15.0. The summed E-state index contributed by atoms with van der Waals surface area (Å²) >= 11 is 0. The van der Waals surface area contributed by atoms with Gasteiger partial charge in [-0.15, -0.1) is 0 Å². The molecule has 9 N–H and O–H groups in total. The van der Waals surface area contributed by atoms with Crippen molar-refractivity contribution in [3.05, 3.63) is 11.6 Å². The van der Waals surface area contributed by atoms with E-state index < -0.39 is 122 Å². The third-order valence-corrected chi connectivity index (χ3v) is 18.8. The normalized spacial score (nSPS) is 52.8. The van der Waals surface area contributed by atoms with Crippen LogP contribution in [-0.4, -0.2) is 163 Å². The minimum absolute atomic E-state index is 0.0135. The SMILES string of the molecule is C[C@@H]1O[C@@H](O[C@H]2[C@H](O)[C@@H](O)[C@H](OC[C@H]3O[C@@H](OC(=O)[C@@]45CC=C6[C@H](CC[C@@H]7[C@@]8(C)CCC(=O)C(C)(C)[C@@H]8CC[C@@]67C)[C@]4(C)CC(C)(C)CC5)[C@H](O)[C@@H](O)[C@@H]3O)O[C@@H]2CO)[C@H](O)[C@H](O)[C@H]1O. The van der Waals surface area contributed by atoms with Crippen LogP contribution in [0.5, 0.6) is 0 Å². The number of ether oxygens (including phenoxy) is 6. The van der Waals surface area contributed by atoms with E-state index in [2.05, 4.69) is 54.5 Å². The molecule has 4 saturated carbocycles. The lowest BCUT2D eigenvalue weighted by atomic mass is 9.35. The van der Waals surface area contributed by atoms with Gasteiger partial charge in [-0.05, 0) is 104 Å². The molecule has 0 aromatic rings. The van der Waals surface area contributed by atoms with E-state index in [0.717, 1.165) is 44.9 Å². The zero-order valence-corrected chi connectivity index (χ0v) is 39.2. The highest BCUT2D eigenvalue weighted by Gasteiger charge is 2.69. The second kappa shape index (κ2) is 17.3. The molecule has 5 aliphatic carbocycles. The molecule has 65 heavy (non-hydrogen) atoms. The van der Waals surface area contributed by atoms with Crippen molar-refractivity contribution in [2.75, 3.05) is 13.2 Å². The molecule has 17 nitrogen and oxygen atoms in total. The van der Waals surface area contributed by atoms with E-state index >= 15 is 4.79 Å². The van der Waals surface area contributed by atoms with Crippen molar-refractivity contribution < 1.29 is 84.0 Å². The Morgan fingerprint density at radius 1 is 0.708 bits per heavy atom. The van der Waals surface area contributed by atoms with Crippen molar-refractivity contribution >= 4 is 11.8 Å². The Hall–Kier alpha value is -1.68. The monoisotopic (exact) mass is 925 g/mol. The molecule has 8 aliphatic rings. The predicted octanol–water partition coefficient (Wildman–Crippen LogP) is 1.38. The topological polar surface area (TPSA) is 272 Å². The van der Waals surface area contributed by atoms with E-state index in [-0.39, 0.29) is 27.6 Å². The van der Waals surface area contributed by atoms with Crippen LogP contribution in [0.3, 0.4) is 0 Å². The number of esters is 1. The molecule has 0 unspecified atom stereocenters. The van der Waals surface area contributed by atoms with Crippen molar-refractivity contribution in [1.29, 1.82) is 0 Å². The zero-order valence-electron chi connectivity index (χ0n) is 39.2. The van der Waals surface area contributed by atoms with Gasteiger partial charge in [0.25, 0.3) is 0 Å². The highest BCUT2D eigenvalue weighted by atomic mass is 16.8. The second-order valence-corrected chi connectivity index (χ2v) is 23.3. The van der Waals surface area contributed by atoms with Crippen LogP contribution in [0.4, 0.5) is 0 Å². The van der Waals surface area contributed by atoms with E-state index in [0.29, 0.717) is 36.9 Å². The Morgan fingerprint density at radius 2 is 1.35 bits per heavy atom. The number of Topliss-reactive ketones (excluding diaryl/α,β-unsaturated/α-hetero) is 1. The number of aliphatic hydroxyl groups excluding tert-OH is 9. The number of carbonyl (C=O) groups excluding carboxylic acids is 2. The first-order valence-corrected chi connectivity index (χ1v) is 24.0. The fourth-order valence-corrected chi connectivity index (χ4v) is 15.1. The summed E-state index contributed by atoms with van der Waals surface area (Å²) in [6, 6.07) is 0. The molecule has 3 saturated heterocycles. The van der Waals surface area contributed by atoms with Gasteiger partial charge < -0.3 is 74.4 Å². The van der Waals surface area contributed by atoms with E-state index in [1.165, 1.54) is 12.5 Å². The third-order valence-electron chi connectivity index (χ3n) is 18.8. The number of hydrogen-bond acceptors (Lipinski definition) is 17. The summed E-state index contributed by atoms with van der Waals surface area (Å²) in [5.41, 5.74) is -0.631. The van der Waals surface area contributed by atoms with E-state index in [4.69, 9.17) is 28.4 Å². The van der Waals surface area contributed by atoms with Crippen LogP contribution in [0.2, 0.25) is 0 Å². The summed E-state index contributed by atoms with van der Waals surface area (Å²) < 4.78 is 34.8. The summed E-state index contributed by atoms with van der Waals surface area (Å²) in [7, 11) is 0. The highest BCUT2D eigenvalue weighted by molar-refractivity contribution is 5.85. The van der Waals surface area contributed by atoms with Gasteiger partial charge in [0.2, 0.25) is 6.29 Å². The lowest BCUT2D eigenvalue weighted by Crippen LogP contribution is -2.65. The van der Waals surface area contributed by atoms with Gasteiger partial charge in [-0.25, -0.2) is 0 Å². The molecular formula is C48H76O17. The van der Waals surface area contributed by atoms with Crippen molar-refractivity contribution in [1.82, 2.24) is 0 Å². The molecule has 3 aliphatic heterocycles. The lowest BCUT2D eigenvalue weighted by Gasteiger charge is -2.69. The van der Waals surface area contributed by atoms with Crippen molar-refractivity contribution in [3.63, 3.8) is 0 Å². The fraction of sp³-hybridized carbons (Fsp3) is 0.917. The number of carbonyl (C=O) groups is 2. The Balaban J connectivity index is 0.979. The Morgan fingerprint density at radius 3 is 2.05 bits per heavy atom. The van der Waals surface area contributed by atoms with Crippen LogP contribution in [0.15, 0.2) is 11.6 Å². The van der Waals surface area contributed by atoms with Crippen LogP contribution < -0.4 is 0 Å². The van der Waals surface area contributed by atoms with Gasteiger partial charge >= 0.3 is 5.97 Å². The number of aliphatic hydroxyl groups is 9. The average molecular weight is 925 g/mol. The van der Waals surface area contributed by atoms with Gasteiger partial charge in [-0.3, -0.25) is 9.59 Å². The number of ketones is 1. The molecule has 0 aromatic carbocycles. The molecule has 8 rings (SSSR count). The van der Waals surface area contributed by atoms with Gasteiger partial charge in [0.15, 0.2) is 12.6 Å². The Kier molecular flexibility index (Phi) is 13.3. The molecule has 370 valence electrons. The number of hydrogen-bond donors (Lipinski definition) is 9. The number of fused-ring (bicyclic) bond motifs is 7. The van der Waals surface area contributed by atoms with Crippen molar-refractivity contribution in [3.8, 4) is 0 Å². The molecule has 0 aromatic heterocycles. The quantitative estimate of drug-likeness (QED) is 0.123. The van der Waals surface area contributed by atoms with Gasteiger partial charge in [0.1, 0.15) is 72.9 Å². The van der Waals surface area contributed by atoms with Gasteiger partial charge in [0.05, 0.1) is 24.7 Å². The molecular weight excluding hydrogens is 849 g/mol. The number of allylic oxidation sites excluding steroid dienone is 2. The number of rotatable bonds is 8. The van der Waals surface area contributed by atoms with Crippen LogP contribution in [-0.2, 0) is 38.0 Å². The molecule has 3 heterocycles. The maximum absolute atomic E-state index is 15.0.